The zero-order valence-corrected chi connectivity index (χ0v) is 22.7. The second kappa shape index (κ2) is 9.99. The Morgan fingerprint density at radius 2 is 1.84 bits per heavy atom. The van der Waals surface area contributed by atoms with E-state index in [1.807, 2.05) is 24.5 Å². The standard InChI is InChI=1S/C29H37BN4O3/c1-20-8-7-14-31-25(26-19-33-27-16-23(35-6)13-15-34(26)27)17-24(20)32-18-21-9-11-22(12-10-21)30-36-28(2,3)29(4,5)37-30/h9-13,15-17,19-20,32H,7-8,14,18H2,1-6H3/b24-17+,31-25+. The lowest BCUT2D eigenvalue weighted by atomic mass is 9.79. The number of aliphatic imine (C=N–C) groups is 1. The number of hydrogen-bond acceptors (Lipinski definition) is 6. The molecule has 37 heavy (non-hydrogen) atoms. The molecule has 0 spiro atoms. The first-order valence-corrected chi connectivity index (χ1v) is 13.1. The van der Waals surface area contributed by atoms with Crippen molar-refractivity contribution < 1.29 is 14.0 Å². The Labute approximate surface area is 220 Å². The molecule has 2 aromatic heterocycles. The lowest BCUT2D eigenvalue weighted by Crippen LogP contribution is -2.41. The molecule has 1 N–H and O–H groups in total. The molecular formula is C29H37BN4O3. The second-order valence-electron chi connectivity index (χ2n) is 11.0. The number of allylic oxidation sites excluding steroid dienone is 2. The molecule has 0 saturated carbocycles. The molecule has 1 fully saturated rings. The Morgan fingerprint density at radius 3 is 2.54 bits per heavy atom. The van der Waals surface area contributed by atoms with Crippen molar-refractivity contribution in [3.05, 3.63) is 71.8 Å². The fourth-order valence-corrected chi connectivity index (χ4v) is 4.72. The number of rotatable bonds is 6. The van der Waals surface area contributed by atoms with Crippen molar-refractivity contribution in [2.45, 2.75) is 65.2 Å². The summed E-state index contributed by atoms with van der Waals surface area (Å²) in [6.07, 6.45) is 8.22. The van der Waals surface area contributed by atoms with Gasteiger partial charge in [-0.2, -0.15) is 0 Å². The third kappa shape index (κ3) is 5.18. The van der Waals surface area contributed by atoms with E-state index in [1.165, 1.54) is 11.3 Å². The molecule has 1 saturated heterocycles. The van der Waals surface area contributed by atoms with E-state index in [9.17, 15) is 0 Å². The molecular weight excluding hydrogens is 463 g/mol. The molecule has 1 unspecified atom stereocenters. The third-order valence-corrected chi connectivity index (χ3v) is 7.89. The molecule has 3 aromatic rings. The molecule has 2 aliphatic rings. The first-order valence-electron chi connectivity index (χ1n) is 13.1. The van der Waals surface area contributed by atoms with E-state index in [0.717, 1.165) is 54.2 Å². The maximum absolute atomic E-state index is 6.20. The zero-order chi connectivity index (χ0) is 26.2. The van der Waals surface area contributed by atoms with Gasteiger partial charge in [-0.15, -0.1) is 0 Å². The minimum Gasteiger partial charge on any atom is -0.497 e. The van der Waals surface area contributed by atoms with Crippen LogP contribution >= 0.6 is 0 Å². The number of methoxy groups -OCH3 is 1. The number of pyridine rings is 1. The van der Waals surface area contributed by atoms with Gasteiger partial charge in [0.15, 0.2) is 0 Å². The van der Waals surface area contributed by atoms with Crippen molar-refractivity contribution in [1.29, 1.82) is 0 Å². The molecule has 5 rings (SSSR count). The number of nitrogens with one attached hydrogen (secondary N) is 1. The van der Waals surface area contributed by atoms with Crippen LogP contribution in [0.5, 0.6) is 5.75 Å². The quantitative estimate of drug-likeness (QED) is 0.504. The number of nitrogens with zero attached hydrogens (tertiary/aromatic N) is 3. The fourth-order valence-electron chi connectivity index (χ4n) is 4.72. The number of ether oxygens (including phenoxy) is 1. The van der Waals surface area contributed by atoms with Crippen LogP contribution in [0.3, 0.4) is 0 Å². The van der Waals surface area contributed by atoms with Crippen LogP contribution in [0, 0.1) is 5.92 Å². The van der Waals surface area contributed by atoms with E-state index in [-0.39, 0.29) is 18.3 Å². The summed E-state index contributed by atoms with van der Waals surface area (Å²) in [6, 6.07) is 12.4. The van der Waals surface area contributed by atoms with Crippen LogP contribution in [0.25, 0.3) is 5.65 Å². The molecule has 1 atom stereocenters. The number of aromatic nitrogens is 2. The minimum atomic E-state index is -0.343. The van der Waals surface area contributed by atoms with Gasteiger partial charge in [-0.05, 0) is 69.6 Å². The highest BCUT2D eigenvalue weighted by molar-refractivity contribution is 6.62. The zero-order valence-electron chi connectivity index (χ0n) is 22.7. The van der Waals surface area contributed by atoms with Gasteiger partial charge in [0.2, 0.25) is 0 Å². The smallest absolute Gasteiger partial charge is 0.494 e. The SMILES string of the molecule is COc1ccn2c(C3=N/CCCC(C)/C(NCc4ccc(B5OC(C)(C)C(C)(C)O5)cc4)=C\3)cnc2c1. The Kier molecular flexibility index (Phi) is 6.90. The highest BCUT2D eigenvalue weighted by Gasteiger charge is 2.51. The number of benzene rings is 1. The molecule has 4 heterocycles. The Balaban J connectivity index is 1.32. The Morgan fingerprint density at radius 1 is 1.11 bits per heavy atom. The van der Waals surface area contributed by atoms with E-state index < -0.39 is 0 Å². The molecule has 194 valence electrons. The van der Waals surface area contributed by atoms with E-state index in [0.29, 0.717) is 5.92 Å². The maximum atomic E-state index is 6.20. The van der Waals surface area contributed by atoms with Crippen LogP contribution in [0.1, 0.15) is 58.7 Å². The second-order valence-corrected chi connectivity index (χ2v) is 11.0. The van der Waals surface area contributed by atoms with Gasteiger partial charge < -0.3 is 19.4 Å². The van der Waals surface area contributed by atoms with Crippen molar-refractivity contribution >= 4 is 23.9 Å². The molecule has 7 nitrogen and oxygen atoms in total. The average molecular weight is 500 g/mol. The summed E-state index contributed by atoms with van der Waals surface area (Å²) >= 11 is 0. The summed E-state index contributed by atoms with van der Waals surface area (Å²) in [6.45, 7) is 12.1. The lowest BCUT2D eigenvalue weighted by molar-refractivity contribution is 0.00578. The summed E-state index contributed by atoms with van der Waals surface area (Å²) in [5.74, 6) is 1.20. The van der Waals surface area contributed by atoms with E-state index in [2.05, 4.69) is 79.7 Å². The van der Waals surface area contributed by atoms with Crippen LogP contribution < -0.4 is 15.5 Å². The molecule has 2 aliphatic heterocycles. The summed E-state index contributed by atoms with van der Waals surface area (Å²) in [5, 5.41) is 3.70. The van der Waals surface area contributed by atoms with Gasteiger partial charge in [-0.25, -0.2) is 4.98 Å². The van der Waals surface area contributed by atoms with Gasteiger partial charge in [0.25, 0.3) is 0 Å². The van der Waals surface area contributed by atoms with Crippen LogP contribution in [-0.2, 0) is 15.9 Å². The van der Waals surface area contributed by atoms with Crippen molar-refractivity contribution in [2.75, 3.05) is 13.7 Å². The van der Waals surface area contributed by atoms with Crippen LogP contribution in [0.15, 0.2) is 65.6 Å². The molecule has 0 aliphatic carbocycles. The minimum absolute atomic E-state index is 0.342. The average Bonchev–Trinajstić information content (AvgIpc) is 3.38. The van der Waals surface area contributed by atoms with Crippen LogP contribution in [-0.4, -0.2) is 47.1 Å². The lowest BCUT2D eigenvalue weighted by Gasteiger charge is -2.32. The highest BCUT2D eigenvalue weighted by atomic mass is 16.7. The number of fused-ring (bicyclic) bond motifs is 1. The molecule has 8 heteroatoms. The van der Waals surface area contributed by atoms with Crippen molar-refractivity contribution in [1.82, 2.24) is 14.7 Å². The van der Waals surface area contributed by atoms with Gasteiger partial charge in [0.1, 0.15) is 11.4 Å². The molecule has 0 amide bonds. The van der Waals surface area contributed by atoms with E-state index >= 15 is 0 Å². The summed E-state index contributed by atoms with van der Waals surface area (Å²) in [7, 11) is 1.33. The van der Waals surface area contributed by atoms with Gasteiger partial charge in [-0.3, -0.25) is 9.39 Å². The van der Waals surface area contributed by atoms with Crippen LogP contribution in [0.4, 0.5) is 0 Å². The van der Waals surface area contributed by atoms with E-state index in [4.69, 9.17) is 19.0 Å². The first-order chi connectivity index (χ1) is 17.7. The molecule has 1 aromatic carbocycles. The largest absolute Gasteiger partial charge is 0.497 e. The summed E-state index contributed by atoms with van der Waals surface area (Å²) in [5.41, 5.74) is 5.53. The van der Waals surface area contributed by atoms with Gasteiger partial charge >= 0.3 is 7.12 Å². The molecule has 0 bridgehead atoms. The van der Waals surface area contributed by atoms with E-state index in [1.54, 1.807) is 7.11 Å². The maximum Gasteiger partial charge on any atom is 0.494 e. The normalized spacial score (nSPS) is 24.1. The van der Waals surface area contributed by atoms with Crippen LogP contribution in [0.2, 0.25) is 0 Å². The topological polar surface area (TPSA) is 69.4 Å². The van der Waals surface area contributed by atoms with Gasteiger partial charge in [0, 0.05) is 31.0 Å². The fraction of sp³-hybridized carbons (Fsp3) is 0.448. The van der Waals surface area contributed by atoms with Gasteiger partial charge in [0.05, 0.1) is 35.9 Å². The van der Waals surface area contributed by atoms with Gasteiger partial charge in [-0.1, -0.05) is 31.2 Å². The first kappa shape index (κ1) is 25.6. The third-order valence-electron chi connectivity index (χ3n) is 7.89. The predicted molar refractivity (Wildman–Crippen MR) is 149 cm³/mol. The highest BCUT2D eigenvalue weighted by Crippen LogP contribution is 2.36. The predicted octanol–water partition coefficient (Wildman–Crippen LogP) is 4.53. The molecule has 0 radical (unpaired) electrons. The summed E-state index contributed by atoms with van der Waals surface area (Å²) in [4.78, 5) is 9.50. The Bertz CT molecular complexity index is 1310. The summed E-state index contributed by atoms with van der Waals surface area (Å²) < 4.78 is 19.8. The monoisotopic (exact) mass is 500 g/mol. The van der Waals surface area contributed by atoms with Crippen molar-refractivity contribution in [3.8, 4) is 5.75 Å². The van der Waals surface area contributed by atoms with Crippen molar-refractivity contribution in [2.24, 2.45) is 10.9 Å². The number of hydrogen-bond donors (Lipinski definition) is 1. The number of imidazole rings is 1. The Hall–Kier alpha value is -3.10. The van der Waals surface area contributed by atoms with Crippen molar-refractivity contribution in [3.63, 3.8) is 0 Å².